The molecule has 24 nitrogen and oxygen atoms in total. The molecule has 10 N–H and O–H groups in total. The van der Waals surface area contributed by atoms with Gasteiger partial charge in [-0.05, 0) is 12.8 Å². The first-order chi connectivity index (χ1) is 26.1. The summed E-state index contributed by atoms with van der Waals surface area (Å²) in [7, 11) is -16.4. The van der Waals surface area contributed by atoms with Gasteiger partial charge in [-0.1, -0.05) is 44.7 Å². The van der Waals surface area contributed by atoms with Crippen LogP contribution in [0.15, 0.2) is 24.8 Å². The Morgan fingerprint density at radius 1 is 1.05 bits per heavy atom. The zero-order chi connectivity index (χ0) is 41.9. The number of hydrogen-bond acceptors (Lipinski definition) is 18. The molecule has 1 saturated heterocycles. The number of nitrogens with zero attached hydrogens (tertiary/aromatic N) is 4. The largest absolute Gasteiger partial charge is 0.481 e. The molecule has 0 radical (unpaired) electrons. The number of carbonyl (C=O) groups excluding carboxylic acids is 3. The number of imidazole rings is 1. The molecular formula is C28H46N7O17P3S. The topological polar surface area (TPSA) is 364 Å². The van der Waals surface area contributed by atoms with Crippen molar-refractivity contribution in [3.8, 4) is 0 Å². The number of aliphatic hydroxyl groups excluding tert-OH is 2. The Morgan fingerprint density at radius 2 is 1.75 bits per heavy atom. The third-order valence-corrected chi connectivity index (χ3v) is 11.7. The van der Waals surface area contributed by atoms with Crippen molar-refractivity contribution in [1.29, 1.82) is 0 Å². The van der Waals surface area contributed by atoms with Crippen LogP contribution in [0.1, 0.15) is 52.7 Å². The van der Waals surface area contributed by atoms with Gasteiger partial charge in [0.25, 0.3) is 0 Å². The number of carbonyl (C=O) groups is 3. The lowest BCUT2D eigenvalue weighted by atomic mass is 9.87. The number of phosphoric ester groups is 3. The summed E-state index contributed by atoms with van der Waals surface area (Å²) in [5.41, 5.74) is 4.26. The average Bonchev–Trinajstić information content (AvgIpc) is 3.66. The highest BCUT2D eigenvalue weighted by atomic mass is 32.2. The fourth-order valence-electron chi connectivity index (χ4n) is 4.85. The number of phosphoric acid groups is 3. The monoisotopic (exact) mass is 877 g/mol. The SMILES string of the molecule is CC/C=C/CCC(=O)SCCNC(=O)CCNC(=O)C(O)C(C)(C)COP(=O)(O)OP(=O)(O)OCC1OC(n2cnc3c(N)ncnc32)C(O)C1OP(=O)(O)O. The minimum Gasteiger partial charge on any atom is -0.386 e. The van der Waals surface area contributed by atoms with Gasteiger partial charge in [-0.25, -0.2) is 28.6 Å². The third-order valence-electron chi connectivity index (χ3n) is 7.68. The molecule has 2 aromatic rings. The van der Waals surface area contributed by atoms with Crippen molar-refractivity contribution < 1.29 is 80.5 Å². The lowest BCUT2D eigenvalue weighted by molar-refractivity contribution is -0.137. The Hall–Kier alpha value is -2.70. The van der Waals surface area contributed by atoms with Crippen molar-refractivity contribution in [3.63, 3.8) is 0 Å². The fourth-order valence-corrected chi connectivity index (χ4v) is 8.38. The summed E-state index contributed by atoms with van der Waals surface area (Å²) in [6, 6.07) is 0. The maximum absolute atomic E-state index is 12.7. The number of nitrogens with two attached hydrogens (primary N) is 1. The lowest BCUT2D eigenvalue weighted by Gasteiger charge is -2.30. The normalized spacial score (nSPS) is 21.8. The smallest absolute Gasteiger partial charge is 0.386 e. The van der Waals surface area contributed by atoms with Gasteiger partial charge in [0.05, 0.1) is 19.5 Å². The molecule has 0 aliphatic carbocycles. The van der Waals surface area contributed by atoms with E-state index < -0.39 is 84.6 Å². The van der Waals surface area contributed by atoms with E-state index in [1.165, 1.54) is 13.8 Å². The van der Waals surface area contributed by atoms with E-state index in [0.717, 1.165) is 35.4 Å². The summed E-state index contributed by atoms with van der Waals surface area (Å²) in [6.07, 6.45) is -1.08. The first-order valence-electron chi connectivity index (χ1n) is 16.8. The summed E-state index contributed by atoms with van der Waals surface area (Å²) in [4.78, 5) is 87.4. The van der Waals surface area contributed by atoms with Crippen LogP contribution >= 0.6 is 35.2 Å². The van der Waals surface area contributed by atoms with E-state index >= 15 is 0 Å². The van der Waals surface area contributed by atoms with Crippen LogP contribution in [-0.4, -0.2) is 123 Å². The van der Waals surface area contributed by atoms with Gasteiger partial charge in [0.2, 0.25) is 11.8 Å². The number of rotatable bonds is 23. The maximum atomic E-state index is 12.7. The summed E-state index contributed by atoms with van der Waals surface area (Å²) in [5.74, 6) is -1.08. The van der Waals surface area contributed by atoms with Crippen molar-refractivity contribution in [2.75, 3.05) is 37.8 Å². The minimum atomic E-state index is -5.57. The number of nitrogens with one attached hydrogen (secondary N) is 2. The highest BCUT2D eigenvalue weighted by molar-refractivity contribution is 8.13. The van der Waals surface area contributed by atoms with E-state index in [-0.39, 0.29) is 41.6 Å². The Bertz CT molecular complexity index is 1850. The lowest BCUT2D eigenvalue weighted by Crippen LogP contribution is -2.46. The van der Waals surface area contributed by atoms with E-state index in [4.69, 9.17) is 19.5 Å². The van der Waals surface area contributed by atoms with Gasteiger partial charge in [-0.3, -0.25) is 32.5 Å². The van der Waals surface area contributed by atoms with E-state index in [0.29, 0.717) is 18.6 Å². The summed E-state index contributed by atoms with van der Waals surface area (Å²) in [6.45, 7) is 2.51. The van der Waals surface area contributed by atoms with Gasteiger partial charge in [0.15, 0.2) is 22.8 Å². The van der Waals surface area contributed by atoms with E-state index in [9.17, 15) is 57.9 Å². The number of hydrogen-bond donors (Lipinski definition) is 9. The van der Waals surface area contributed by atoms with Crippen LogP contribution in [0.2, 0.25) is 0 Å². The second-order valence-electron chi connectivity index (χ2n) is 12.7. The van der Waals surface area contributed by atoms with Crippen LogP contribution in [0.4, 0.5) is 5.82 Å². The molecule has 2 amide bonds. The van der Waals surface area contributed by atoms with Gasteiger partial charge in [-0.2, -0.15) is 4.31 Å². The molecule has 7 unspecified atom stereocenters. The number of thioether (sulfide) groups is 1. The number of allylic oxidation sites excluding steroid dienone is 2. The molecule has 1 fully saturated rings. The van der Waals surface area contributed by atoms with E-state index in [1.807, 2.05) is 19.1 Å². The molecule has 28 heteroatoms. The molecule has 3 rings (SSSR count). The molecular weight excluding hydrogens is 831 g/mol. The van der Waals surface area contributed by atoms with Gasteiger partial charge < -0.3 is 50.9 Å². The molecule has 1 aliphatic rings. The highest BCUT2D eigenvalue weighted by Crippen LogP contribution is 2.61. The Kier molecular flexibility index (Phi) is 17.7. The highest BCUT2D eigenvalue weighted by Gasteiger charge is 2.50. The molecule has 2 aromatic heterocycles. The van der Waals surface area contributed by atoms with Crippen molar-refractivity contribution in [2.24, 2.45) is 5.41 Å². The first kappa shape index (κ1) is 47.7. The molecule has 0 aromatic carbocycles. The van der Waals surface area contributed by atoms with Crippen LogP contribution < -0.4 is 16.4 Å². The van der Waals surface area contributed by atoms with E-state index in [2.05, 4.69) is 34.4 Å². The average molecular weight is 878 g/mol. The van der Waals surface area contributed by atoms with Crippen molar-refractivity contribution in [2.45, 2.75) is 77.1 Å². The molecule has 3 heterocycles. The maximum Gasteiger partial charge on any atom is 0.481 e. The molecule has 316 valence electrons. The van der Waals surface area contributed by atoms with Gasteiger partial charge in [-0.15, -0.1) is 0 Å². The zero-order valence-corrected chi connectivity index (χ0v) is 33.8. The number of aromatic nitrogens is 4. The molecule has 0 spiro atoms. The second kappa shape index (κ2) is 20.8. The summed E-state index contributed by atoms with van der Waals surface area (Å²) in [5, 5.41) is 26.4. The van der Waals surface area contributed by atoms with Gasteiger partial charge >= 0.3 is 23.5 Å². The minimum absolute atomic E-state index is 0.00284. The Labute approximate surface area is 324 Å². The molecule has 0 bridgehead atoms. The molecule has 7 atom stereocenters. The first-order valence-corrected chi connectivity index (χ1v) is 22.3. The van der Waals surface area contributed by atoms with Crippen LogP contribution in [-0.2, 0) is 50.7 Å². The summed E-state index contributed by atoms with van der Waals surface area (Å²) < 4.78 is 62.1. The van der Waals surface area contributed by atoms with Crippen LogP contribution in [0, 0.1) is 5.41 Å². The Morgan fingerprint density at radius 3 is 2.43 bits per heavy atom. The number of nitrogen functional groups attached to an aromatic ring is 1. The predicted molar refractivity (Wildman–Crippen MR) is 196 cm³/mol. The van der Waals surface area contributed by atoms with Crippen molar-refractivity contribution in [1.82, 2.24) is 30.2 Å². The second-order valence-corrected chi connectivity index (χ2v) is 18.1. The quantitative estimate of drug-likeness (QED) is 0.0415. The van der Waals surface area contributed by atoms with Gasteiger partial charge in [0, 0.05) is 37.1 Å². The van der Waals surface area contributed by atoms with Crippen molar-refractivity contribution in [3.05, 3.63) is 24.8 Å². The standard InChI is InChI=1S/C28H46N7O17P3S/c1-4-5-6-7-8-19(37)56-12-11-30-18(36)9-10-31-26(40)23(39)28(2,3)14-49-55(46,47)52-54(44,45)48-13-17-22(51-53(41,42)43)21(38)27(50-17)35-16-34-20-24(29)32-15-33-25(20)35/h5-6,15-17,21-23,27,38-39H,4,7-14H2,1-3H3,(H,30,36)(H,31,40)(H,44,45)(H,46,47)(H2,29,32,33)(H2,41,42,43)/b6-5+. The van der Waals surface area contributed by atoms with E-state index in [1.54, 1.807) is 0 Å². The fraction of sp³-hybridized carbons (Fsp3) is 0.643. The number of aliphatic hydroxyl groups is 2. The van der Waals surface area contributed by atoms with Crippen LogP contribution in [0.3, 0.4) is 0 Å². The van der Waals surface area contributed by atoms with Crippen LogP contribution in [0.5, 0.6) is 0 Å². The molecule has 56 heavy (non-hydrogen) atoms. The third kappa shape index (κ3) is 14.9. The number of anilines is 1. The van der Waals surface area contributed by atoms with Crippen molar-refractivity contribution >= 4 is 69.1 Å². The predicted octanol–water partition coefficient (Wildman–Crippen LogP) is 0.411. The Balaban J connectivity index is 1.47. The number of fused-ring (bicyclic) bond motifs is 1. The number of amides is 2. The summed E-state index contributed by atoms with van der Waals surface area (Å²) >= 11 is 1.09. The van der Waals surface area contributed by atoms with Gasteiger partial charge in [0.1, 0.15) is 36.3 Å². The zero-order valence-electron chi connectivity index (χ0n) is 30.4. The molecule has 0 saturated carbocycles. The number of ether oxygens (including phenoxy) is 1. The molecule has 1 aliphatic heterocycles. The van der Waals surface area contributed by atoms with Crippen LogP contribution in [0.25, 0.3) is 11.2 Å².